The summed E-state index contributed by atoms with van der Waals surface area (Å²) in [7, 11) is 0. The molecule has 1 N–H and O–H groups in total. The van der Waals surface area contributed by atoms with Crippen LogP contribution in [0.3, 0.4) is 0 Å². The smallest absolute Gasteiger partial charge is 0.162 e. The van der Waals surface area contributed by atoms with Crippen molar-refractivity contribution in [2.24, 2.45) is 17.8 Å². The summed E-state index contributed by atoms with van der Waals surface area (Å²) in [6, 6.07) is 0. The van der Waals surface area contributed by atoms with Crippen LogP contribution in [0.1, 0.15) is 59.8 Å². The van der Waals surface area contributed by atoms with E-state index in [0.717, 1.165) is 36.8 Å². The van der Waals surface area contributed by atoms with Crippen LogP contribution in [-0.4, -0.2) is 16.5 Å². The summed E-state index contributed by atoms with van der Waals surface area (Å²) in [6.07, 6.45) is 8.40. The van der Waals surface area contributed by atoms with Crippen LogP contribution in [0.2, 0.25) is 0 Å². The highest BCUT2D eigenvalue weighted by Crippen LogP contribution is 2.46. The second kappa shape index (κ2) is 6.54. The maximum absolute atomic E-state index is 12.7. The van der Waals surface area contributed by atoms with E-state index < -0.39 is 5.60 Å². The minimum Gasteiger partial charge on any atom is -0.390 e. The third kappa shape index (κ3) is 3.60. The Hall–Kier alpha value is -1.15. The highest BCUT2D eigenvalue weighted by Gasteiger charge is 2.44. The second-order valence-electron chi connectivity index (χ2n) is 7.65. The fraction of sp³-hybridized carbons (Fsp3) is 0.650. The number of aliphatic hydroxyl groups is 1. The van der Waals surface area contributed by atoms with Crippen molar-refractivity contribution in [3.05, 3.63) is 35.5 Å². The Morgan fingerprint density at radius 1 is 1.41 bits per heavy atom. The van der Waals surface area contributed by atoms with Gasteiger partial charge in [0.25, 0.3) is 0 Å². The van der Waals surface area contributed by atoms with Crippen LogP contribution in [0.25, 0.3) is 0 Å². The zero-order chi connectivity index (χ0) is 16.5. The van der Waals surface area contributed by atoms with E-state index in [1.54, 1.807) is 0 Å². The molecule has 0 aromatic carbocycles. The number of hydrogen-bond donors (Lipinski definition) is 1. The van der Waals surface area contributed by atoms with Crippen LogP contribution in [0, 0.1) is 17.8 Å². The average Bonchev–Trinajstić information content (AvgIpc) is 2.68. The Bertz CT molecular complexity index is 520. The number of carbonyl (C=O) groups excluding carboxylic acids is 1. The molecule has 122 valence electrons. The molecule has 0 amide bonds. The Morgan fingerprint density at radius 3 is 2.73 bits per heavy atom. The van der Waals surface area contributed by atoms with Gasteiger partial charge in [0, 0.05) is 12.3 Å². The maximum Gasteiger partial charge on any atom is 0.162 e. The Morgan fingerprint density at radius 2 is 2.09 bits per heavy atom. The molecule has 0 aliphatic heterocycles. The molecule has 0 bridgehead atoms. The zero-order valence-electron chi connectivity index (χ0n) is 14.5. The molecule has 0 spiro atoms. The van der Waals surface area contributed by atoms with Gasteiger partial charge in [0.05, 0.1) is 5.60 Å². The van der Waals surface area contributed by atoms with Crippen molar-refractivity contribution in [3.8, 4) is 0 Å². The largest absolute Gasteiger partial charge is 0.390 e. The van der Waals surface area contributed by atoms with Gasteiger partial charge in [0.1, 0.15) is 0 Å². The van der Waals surface area contributed by atoms with E-state index in [1.165, 1.54) is 5.57 Å². The van der Waals surface area contributed by atoms with Gasteiger partial charge in [0.15, 0.2) is 5.78 Å². The van der Waals surface area contributed by atoms with Crippen molar-refractivity contribution in [2.75, 3.05) is 0 Å². The lowest BCUT2D eigenvalue weighted by molar-refractivity contribution is -0.115. The van der Waals surface area contributed by atoms with Crippen molar-refractivity contribution >= 4 is 5.78 Å². The number of carbonyl (C=O) groups is 1. The quantitative estimate of drug-likeness (QED) is 0.719. The molecule has 2 aliphatic carbocycles. The lowest BCUT2D eigenvalue weighted by atomic mass is 9.79. The third-order valence-corrected chi connectivity index (χ3v) is 5.34. The van der Waals surface area contributed by atoms with Gasteiger partial charge in [-0.1, -0.05) is 43.7 Å². The van der Waals surface area contributed by atoms with Gasteiger partial charge < -0.3 is 5.11 Å². The van der Waals surface area contributed by atoms with E-state index in [2.05, 4.69) is 32.6 Å². The zero-order valence-corrected chi connectivity index (χ0v) is 14.5. The number of Topliss-reactive ketones (excluding diaryl/α,β-unsaturated/α-hetero) is 1. The Balaban J connectivity index is 2.46. The van der Waals surface area contributed by atoms with E-state index in [0.29, 0.717) is 12.3 Å². The van der Waals surface area contributed by atoms with Crippen molar-refractivity contribution in [1.82, 2.24) is 0 Å². The van der Waals surface area contributed by atoms with Crippen LogP contribution < -0.4 is 0 Å². The lowest BCUT2D eigenvalue weighted by Gasteiger charge is -2.29. The molecule has 0 unspecified atom stereocenters. The molecule has 0 aromatic heterocycles. The minimum absolute atomic E-state index is 0.0137. The molecule has 2 aliphatic rings. The van der Waals surface area contributed by atoms with Gasteiger partial charge >= 0.3 is 0 Å². The summed E-state index contributed by atoms with van der Waals surface area (Å²) in [5, 5.41) is 10.8. The lowest BCUT2D eigenvalue weighted by Crippen LogP contribution is -2.32. The number of hydrogen-bond acceptors (Lipinski definition) is 2. The predicted molar refractivity (Wildman–Crippen MR) is 91.5 cm³/mol. The topological polar surface area (TPSA) is 37.3 Å². The van der Waals surface area contributed by atoms with Gasteiger partial charge in [-0.3, -0.25) is 4.79 Å². The Labute approximate surface area is 135 Å². The van der Waals surface area contributed by atoms with Crippen molar-refractivity contribution in [3.63, 3.8) is 0 Å². The van der Waals surface area contributed by atoms with Crippen LogP contribution >= 0.6 is 0 Å². The maximum atomic E-state index is 12.7. The fourth-order valence-corrected chi connectivity index (χ4v) is 3.90. The van der Waals surface area contributed by atoms with Crippen LogP contribution in [0.4, 0.5) is 0 Å². The monoisotopic (exact) mass is 302 g/mol. The standard InChI is InChI=1S/C20H30O2/c1-13(2)17-12-18-16(9-10-20(18,5)22)15(4)8-6-7-14(3)11-19(17)21/h7,12-13,16,18,22H,4,6,8-11H2,1-3,5H3/b14-7+,17-12-/t16-,18-,20-/m0/s1. The van der Waals surface area contributed by atoms with E-state index >= 15 is 0 Å². The summed E-state index contributed by atoms with van der Waals surface area (Å²) in [4.78, 5) is 12.7. The molecule has 2 heteroatoms. The molecule has 0 heterocycles. The van der Waals surface area contributed by atoms with Crippen molar-refractivity contribution < 1.29 is 9.90 Å². The van der Waals surface area contributed by atoms with Crippen LogP contribution in [-0.2, 0) is 4.79 Å². The average molecular weight is 302 g/mol. The van der Waals surface area contributed by atoms with Gasteiger partial charge in [0.2, 0.25) is 0 Å². The molecule has 2 rings (SSSR count). The number of allylic oxidation sites excluding steroid dienone is 4. The Kier molecular flexibility index (Phi) is 5.11. The summed E-state index contributed by atoms with van der Waals surface area (Å²) < 4.78 is 0. The molecular weight excluding hydrogens is 272 g/mol. The van der Waals surface area contributed by atoms with E-state index in [-0.39, 0.29) is 17.6 Å². The van der Waals surface area contributed by atoms with Gasteiger partial charge in [-0.25, -0.2) is 0 Å². The highest BCUT2D eigenvalue weighted by atomic mass is 16.3. The first-order valence-electron chi connectivity index (χ1n) is 8.53. The summed E-state index contributed by atoms with van der Waals surface area (Å²) in [5.74, 6) is 0.701. The molecule has 3 atom stereocenters. The SMILES string of the molecule is C=C1CC/C=C(\C)CC(=O)/C(C(C)C)=C\[C@H]2[C@H]1CC[C@]2(C)O. The molecule has 1 saturated carbocycles. The predicted octanol–water partition coefficient (Wildman–Crippen LogP) is 4.60. The summed E-state index contributed by atoms with van der Waals surface area (Å²) >= 11 is 0. The van der Waals surface area contributed by atoms with Crippen molar-refractivity contribution in [1.29, 1.82) is 0 Å². The molecular formula is C20H30O2. The first-order chi connectivity index (χ1) is 10.2. The third-order valence-electron chi connectivity index (χ3n) is 5.34. The van der Waals surface area contributed by atoms with E-state index in [9.17, 15) is 9.90 Å². The fourth-order valence-electron chi connectivity index (χ4n) is 3.90. The number of rotatable bonds is 1. The number of ketones is 1. The normalized spacial score (nSPS) is 38.8. The molecule has 1 fully saturated rings. The number of fused-ring (bicyclic) bond motifs is 1. The van der Waals surface area contributed by atoms with Gasteiger partial charge in [-0.15, -0.1) is 0 Å². The van der Waals surface area contributed by atoms with E-state index in [1.807, 2.05) is 13.8 Å². The van der Waals surface area contributed by atoms with Crippen molar-refractivity contribution in [2.45, 2.75) is 65.4 Å². The molecule has 2 nitrogen and oxygen atoms in total. The van der Waals surface area contributed by atoms with Gasteiger partial charge in [-0.2, -0.15) is 0 Å². The molecule has 0 aromatic rings. The molecule has 22 heavy (non-hydrogen) atoms. The highest BCUT2D eigenvalue weighted by molar-refractivity contribution is 5.97. The first kappa shape index (κ1) is 17.2. The summed E-state index contributed by atoms with van der Waals surface area (Å²) in [5.41, 5.74) is 2.51. The van der Waals surface area contributed by atoms with Crippen LogP contribution in [0.5, 0.6) is 0 Å². The molecule has 0 saturated heterocycles. The van der Waals surface area contributed by atoms with Gasteiger partial charge in [-0.05, 0) is 56.9 Å². The second-order valence-corrected chi connectivity index (χ2v) is 7.65. The summed E-state index contributed by atoms with van der Waals surface area (Å²) in [6.45, 7) is 12.4. The first-order valence-corrected chi connectivity index (χ1v) is 8.53. The van der Waals surface area contributed by atoms with E-state index in [4.69, 9.17) is 0 Å². The van der Waals surface area contributed by atoms with Crippen LogP contribution in [0.15, 0.2) is 35.5 Å². The molecule has 0 radical (unpaired) electrons. The minimum atomic E-state index is -0.732.